The van der Waals surface area contributed by atoms with Crippen LogP contribution in [-0.4, -0.2) is 54.3 Å². The van der Waals surface area contributed by atoms with Gasteiger partial charge in [0, 0.05) is 31.9 Å². The van der Waals surface area contributed by atoms with E-state index in [0.717, 1.165) is 58.3 Å². The van der Waals surface area contributed by atoms with Crippen molar-refractivity contribution in [2.24, 2.45) is 0 Å². The highest BCUT2D eigenvalue weighted by Gasteiger charge is 2.12. The summed E-state index contributed by atoms with van der Waals surface area (Å²) in [5.74, 6) is 0.552. The average Bonchev–Trinajstić information content (AvgIpc) is 3.77. The van der Waals surface area contributed by atoms with Crippen LogP contribution in [0, 0.1) is 0 Å². The Kier molecular flexibility index (Phi) is 10.5. The van der Waals surface area contributed by atoms with Crippen molar-refractivity contribution >= 4 is 44.8 Å². The van der Waals surface area contributed by atoms with Crippen molar-refractivity contribution in [2.45, 2.75) is 51.5 Å². The zero-order valence-corrected chi connectivity index (χ0v) is 25.2. The predicted octanol–water partition coefficient (Wildman–Crippen LogP) is 4.36. The number of hydrogen-bond acceptors (Lipinski definition) is 11. The van der Waals surface area contributed by atoms with Gasteiger partial charge in [0.05, 0.1) is 25.8 Å². The number of aryl methyl sites for hydroxylation is 3. The monoisotopic (exact) mass is 617 g/mol. The summed E-state index contributed by atoms with van der Waals surface area (Å²) < 4.78 is 6.94. The summed E-state index contributed by atoms with van der Waals surface area (Å²) in [6.45, 7) is 0.589. The maximum atomic E-state index is 12.5. The maximum absolute atomic E-state index is 12.5. The minimum atomic E-state index is -0.143. The molecular formula is C29H31N9O3S2. The van der Waals surface area contributed by atoms with Gasteiger partial charge in [0.1, 0.15) is 15.8 Å². The van der Waals surface area contributed by atoms with Gasteiger partial charge < -0.3 is 15.4 Å². The number of benzene rings is 2. The zero-order chi connectivity index (χ0) is 29.9. The number of nitrogens with one attached hydrogen (secondary N) is 2. The van der Waals surface area contributed by atoms with E-state index >= 15 is 0 Å². The molecule has 14 heteroatoms. The molecule has 0 fully saturated rings. The lowest BCUT2D eigenvalue weighted by atomic mass is 10.1. The molecular weight excluding hydrogens is 587 g/mol. The number of carbonyl (C=O) groups is 2. The van der Waals surface area contributed by atoms with Crippen molar-refractivity contribution in [3.8, 4) is 5.75 Å². The first kappa shape index (κ1) is 29.9. The number of amides is 2. The summed E-state index contributed by atoms with van der Waals surface area (Å²) in [6.07, 6.45) is 6.21. The molecule has 2 N–H and O–H groups in total. The van der Waals surface area contributed by atoms with Crippen LogP contribution in [0.5, 0.6) is 5.75 Å². The van der Waals surface area contributed by atoms with Crippen molar-refractivity contribution < 1.29 is 14.3 Å². The van der Waals surface area contributed by atoms with Crippen LogP contribution in [0.25, 0.3) is 0 Å². The first-order valence-electron chi connectivity index (χ1n) is 13.8. The van der Waals surface area contributed by atoms with Crippen LogP contribution in [0.1, 0.15) is 46.1 Å². The molecule has 2 amide bonds. The summed E-state index contributed by atoms with van der Waals surface area (Å²) in [6, 6.07) is 17.4. The van der Waals surface area contributed by atoms with Gasteiger partial charge in [0.25, 0.3) is 0 Å². The zero-order valence-electron chi connectivity index (χ0n) is 23.6. The number of unbranched alkanes of at least 4 members (excludes halogenated alkanes) is 1. The fourth-order valence-corrected chi connectivity index (χ4v) is 5.77. The van der Waals surface area contributed by atoms with Crippen LogP contribution in [0.2, 0.25) is 0 Å². The van der Waals surface area contributed by atoms with Crippen molar-refractivity contribution in [1.82, 2.24) is 35.4 Å². The lowest BCUT2D eigenvalue weighted by Crippen LogP contribution is -2.14. The number of hydrogen-bond donors (Lipinski definition) is 2. The fraction of sp³-hybridized carbons (Fsp3) is 0.310. The second-order valence-electron chi connectivity index (χ2n) is 9.72. The molecule has 0 radical (unpaired) electrons. The van der Waals surface area contributed by atoms with Gasteiger partial charge in [0.2, 0.25) is 22.1 Å². The third-order valence-electron chi connectivity index (χ3n) is 6.36. The third kappa shape index (κ3) is 9.48. The highest BCUT2D eigenvalue weighted by molar-refractivity contribution is 7.15. The Balaban J connectivity index is 0.971. The largest absolute Gasteiger partial charge is 0.497 e. The van der Waals surface area contributed by atoms with Crippen LogP contribution in [-0.2, 0) is 41.8 Å². The molecule has 222 valence electrons. The van der Waals surface area contributed by atoms with E-state index in [1.165, 1.54) is 22.7 Å². The van der Waals surface area contributed by atoms with Gasteiger partial charge in [-0.1, -0.05) is 70.4 Å². The number of ether oxygens (including phenoxy) is 1. The molecule has 0 atom stereocenters. The molecule has 0 spiro atoms. The average molecular weight is 618 g/mol. The number of carbonyl (C=O) groups excluding carboxylic acids is 2. The third-order valence-corrected chi connectivity index (χ3v) is 8.16. The van der Waals surface area contributed by atoms with Crippen molar-refractivity contribution in [2.75, 3.05) is 17.7 Å². The van der Waals surface area contributed by atoms with Crippen molar-refractivity contribution in [3.05, 3.63) is 87.6 Å². The second kappa shape index (κ2) is 15.1. The second-order valence-corrected chi connectivity index (χ2v) is 11.8. The number of anilines is 2. The van der Waals surface area contributed by atoms with Crippen LogP contribution >= 0.6 is 22.7 Å². The Bertz CT molecular complexity index is 1620. The molecule has 43 heavy (non-hydrogen) atoms. The highest BCUT2D eigenvalue weighted by Crippen LogP contribution is 2.21. The molecule has 0 bridgehead atoms. The van der Waals surface area contributed by atoms with E-state index in [4.69, 9.17) is 4.74 Å². The molecule has 0 saturated heterocycles. The molecule has 0 aliphatic carbocycles. The molecule has 0 saturated carbocycles. The SMILES string of the molecule is COc1ccc(Cn2cc(CCC(=O)Nc3nnc(CCCCc4nnc(NC(=O)Cc5ccccc5)s4)s3)nn2)cc1. The molecule has 0 aliphatic heterocycles. The molecule has 2 aromatic carbocycles. The summed E-state index contributed by atoms with van der Waals surface area (Å²) >= 11 is 2.77. The van der Waals surface area contributed by atoms with Crippen LogP contribution in [0.4, 0.5) is 10.3 Å². The van der Waals surface area contributed by atoms with E-state index in [9.17, 15) is 9.59 Å². The van der Waals surface area contributed by atoms with Crippen molar-refractivity contribution in [1.29, 1.82) is 0 Å². The molecule has 12 nitrogen and oxygen atoms in total. The Morgan fingerprint density at radius 3 is 2.07 bits per heavy atom. The predicted molar refractivity (Wildman–Crippen MR) is 164 cm³/mol. The minimum Gasteiger partial charge on any atom is -0.497 e. The molecule has 0 aliphatic rings. The molecule has 0 unspecified atom stereocenters. The Hall–Kier alpha value is -4.56. The maximum Gasteiger partial charge on any atom is 0.230 e. The lowest BCUT2D eigenvalue weighted by Gasteiger charge is -2.03. The number of aromatic nitrogens is 7. The smallest absolute Gasteiger partial charge is 0.230 e. The van der Waals surface area contributed by atoms with Crippen LogP contribution in [0.3, 0.4) is 0 Å². The summed E-state index contributed by atoms with van der Waals surface area (Å²) in [7, 11) is 1.64. The Labute approximate surface area is 256 Å². The van der Waals surface area contributed by atoms with E-state index in [0.29, 0.717) is 29.6 Å². The summed E-state index contributed by atoms with van der Waals surface area (Å²) in [5.41, 5.74) is 2.78. The topological polar surface area (TPSA) is 150 Å². The van der Waals surface area contributed by atoms with E-state index in [2.05, 4.69) is 41.3 Å². The normalized spacial score (nSPS) is 10.9. The van der Waals surface area contributed by atoms with Gasteiger partial charge in [0.15, 0.2) is 0 Å². The van der Waals surface area contributed by atoms with E-state index in [-0.39, 0.29) is 18.2 Å². The van der Waals surface area contributed by atoms with E-state index < -0.39 is 0 Å². The van der Waals surface area contributed by atoms with E-state index in [1.807, 2.05) is 60.8 Å². The van der Waals surface area contributed by atoms with Gasteiger partial charge in [-0.3, -0.25) is 9.59 Å². The molecule has 5 aromatic rings. The molecule has 3 aromatic heterocycles. The minimum absolute atomic E-state index is 0.110. The Morgan fingerprint density at radius 2 is 1.42 bits per heavy atom. The van der Waals surface area contributed by atoms with Crippen LogP contribution < -0.4 is 15.4 Å². The fourth-order valence-electron chi connectivity index (χ4n) is 4.18. The van der Waals surface area contributed by atoms with Gasteiger partial charge in [-0.25, -0.2) is 4.68 Å². The first-order valence-corrected chi connectivity index (χ1v) is 15.5. The number of rotatable bonds is 15. The van der Waals surface area contributed by atoms with Gasteiger partial charge in [-0.2, -0.15) is 0 Å². The van der Waals surface area contributed by atoms with Gasteiger partial charge in [-0.15, -0.1) is 25.5 Å². The Morgan fingerprint density at radius 1 is 0.767 bits per heavy atom. The summed E-state index contributed by atoms with van der Waals surface area (Å²) in [4.78, 5) is 24.7. The molecule has 3 heterocycles. The van der Waals surface area contributed by atoms with Gasteiger partial charge in [-0.05, 0) is 36.1 Å². The highest BCUT2D eigenvalue weighted by atomic mass is 32.1. The lowest BCUT2D eigenvalue weighted by molar-refractivity contribution is -0.116. The first-order chi connectivity index (χ1) is 21.0. The van der Waals surface area contributed by atoms with Gasteiger partial charge >= 0.3 is 0 Å². The number of nitrogens with zero attached hydrogens (tertiary/aromatic N) is 7. The molecule has 5 rings (SSSR count). The standard InChI is InChI=1S/C29H31N9O3S2/c1-41-23-14-11-21(12-15-23)18-38-19-22(32-37-38)13-16-24(39)30-28-35-33-26(42-28)9-5-6-10-27-34-36-29(43-27)31-25(40)17-20-7-3-2-4-8-20/h2-4,7-8,11-12,14-15,19H,5-6,9-10,13,16-18H2,1H3,(H,30,35,39)(H,31,36,40). The van der Waals surface area contributed by atoms with Crippen LogP contribution in [0.15, 0.2) is 60.8 Å². The van der Waals surface area contributed by atoms with Crippen molar-refractivity contribution in [3.63, 3.8) is 0 Å². The summed E-state index contributed by atoms with van der Waals surface area (Å²) in [5, 5.41) is 33.3. The van der Waals surface area contributed by atoms with E-state index in [1.54, 1.807) is 11.8 Å². The quantitative estimate of drug-likeness (QED) is 0.163. The number of methoxy groups -OCH3 is 1.